The number of aromatic nitrogens is 6. The Kier molecular flexibility index (Phi) is 3.50. The molecule has 0 saturated carbocycles. The number of nitrogens with zero attached hydrogens (tertiary/aromatic N) is 6. The van der Waals surface area contributed by atoms with Gasteiger partial charge in [-0.05, 0) is 12.3 Å². The third kappa shape index (κ3) is 2.26. The molecule has 4 heterocycles. The van der Waals surface area contributed by atoms with Crippen molar-refractivity contribution in [3.8, 4) is 0 Å². The van der Waals surface area contributed by atoms with E-state index in [1.54, 1.807) is 41.6 Å². The Bertz CT molecular complexity index is 1130. The SMILES string of the molecule is CSc1nc2c(s1)c1cnn(Cc3ccnc(N)n3)c(=O)c1n2C. The Morgan fingerprint density at radius 2 is 2.21 bits per heavy atom. The van der Waals surface area contributed by atoms with E-state index in [9.17, 15) is 4.79 Å². The molecule has 0 bridgehead atoms. The Morgan fingerprint density at radius 3 is 2.96 bits per heavy atom. The van der Waals surface area contributed by atoms with E-state index in [1.807, 2.05) is 17.9 Å². The summed E-state index contributed by atoms with van der Waals surface area (Å²) in [6.45, 7) is 0.240. The summed E-state index contributed by atoms with van der Waals surface area (Å²) in [5.74, 6) is 0.176. The highest BCUT2D eigenvalue weighted by Gasteiger charge is 2.18. The average Bonchev–Trinajstić information content (AvgIpc) is 3.10. The van der Waals surface area contributed by atoms with Crippen LogP contribution in [0, 0.1) is 0 Å². The topological polar surface area (TPSA) is 105 Å². The van der Waals surface area contributed by atoms with Gasteiger partial charge < -0.3 is 10.3 Å². The van der Waals surface area contributed by atoms with Gasteiger partial charge in [0.15, 0.2) is 9.99 Å². The zero-order chi connectivity index (χ0) is 16.8. The molecular formula is C14H13N7OS2. The molecule has 0 amide bonds. The van der Waals surface area contributed by atoms with Crippen molar-refractivity contribution >= 4 is 50.3 Å². The second-order valence-electron chi connectivity index (χ2n) is 5.17. The molecule has 4 aromatic heterocycles. The quantitative estimate of drug-likeness (QED) is 0.553. The molecule has 0 spiro atoms. The molecule has 0 saturated heterocycles. The number of thiazole rings is 1. The Morgan fingerprint density at radius 1 is 1.38 bits per heavy atom. The number of hydrogen-bond donors (Lipinski definition) is 1. The summed E-state index contributed by atoms with van der Waals surface area (Å²) >= 11 is 3.17. The van der Waals surface area contributed by atoms with Crippen molar-refractivity contribution in [3.05, 3.63) is 34.5 Å². The maximum Gasteiger partial charge on any atom is 0.291 e. The zero-order valence-electron chi connectivity index (χ0n) is 12.9. The van der Waals surface area contributed by atoms with E-state index in [1.165, 1.54) is 4.68 Å². The van der Waals surface area contributed by atoms with Crippen LogP contribution in [-0.2, 0) is 13.6 Å². The van der Waals surface area contributed by atoms with Crippen molar-refractivity contribution in [2.45, 2.75) is 10.9 Å². The molecule has 0 aromatic carbocycles. The number of hydrogen-bond acceptors (Lipinski definition) is 8. The third-order valence-electron chi connectivity index (χ3n) is 3.72. The van der Waals surface area contributed by atoms with Crippen molar-refractivity contribution in [1.82, 2.24) is 29.3 Å². The highest BCUT2D eigenvalue weighted by molar-refractivity contribution is 8.00. The van der Waals surface area contributed by atoms with Crippen LogP contribution in [0.2, 0.25) is 0 Å². The molecule has 8 nitrogen and oxygen atoms in total. The van der Waals surface area contributed by atoms with Crippen LogP contribution in [0.4, 0.5) is 5.95 Å². The van der Waals surface area contributed by atoms with Gasteiger partial charge in [-0.3, -0.25) is 4.79 Å². The van der Waals surface area contributed by atoms with Gasteiger partial charge in [0.25, 0.3) is 5.56 Å². The first-order chi connectivity index (χ1) is 11.6. The van der Waals surface area contributed by atoms with Crippen molar-refractivity contribution in [1.29, 1.82) is 0 Å². The molecule has 0 aliphatic heterocycles. The van der Waals surface area contributed by atoms with Crippen LogP contribution in [-0.4, -0.2) is 35.6 Å². The molecule has 2 N–H and O–H groups in total. The third-order valence-corrected chi connectivity index (χ3v) is 5.79. The molecule has 0 aliphatic carbocycles. The van der Waals surface area contributed by atoms with Crippen LogP contribution in [0.5, 0.6) is 0 Å². The van der Waals surface area contributed by atoms with E-state index < -0.39 is 0 Å². The number of rotatable bonds is 3. The standard InChI is InChI=1S/C14H13N7OS2/c1-20-9-8(10-11(20)19-14(23-2)24-10)5-17-21(12(9)22)6-7-3-4-16-13(15)18-7/h3-5H,6H2,1-2H3,(H2,15,16,18). The number of fused-ring (bicyclic) bond motifs is 3. The van der Waals surface area contributed by atoms with Gasteiger partial charge in [0.1, 0.15) is 5.52 Å². The fourth-order valence-electron chi connectivity index (χ4n) is 2.62. The van der Waals surface area contributed by atoms with Crippen molar-refractivity contribution in [2.75, 3.05) is 12.0 Å². The predicted molar refractivity (Wildman–Crippen MR) is 95.5 cm³/mol. The smallest absolute Gasteiger partial charge is 0.291 e. The first-order valence-electron chi connectivity index (χ1n) is 7.05. The molecule has 0 radical (unpaired) electrons. The van der Waals surface area contributed by atoms with Crippen LogP contribution in [0.15, 0.2) is 27.6 Å². The van der Waals surface area contributed by atoms with Gasteiger partial charge in [0.2, 0.25) is 5.95 Å². The maximum atomic E-state index is 12.8. The highest BCUT2D eigenvalue weighted by Crippen LogP contribution is 2.34. The van der Waals surface area contributed by atoms with E-state index in [4.69, 9.17) is 5.73 Å². The van der Waals surface area contributed by atoms with Gasteiger partial charge in [-0.1, -0.05) is 11.8 Å². The summed E-state index contributed by atoms with van der Waals surface area (Å²) in [4.78, 5) is 25.4. The molecule has 0 aliphatic rings. The summed E-state index contributed by atoms with van der Waals surface area (Å²) < 4.78 is 5.16. The van der Waals surface area contributed by atoms with Gasteiger partial charge in [0, 0.05) is 18.6 Å². The Balaban J connectivity index is 1.89. The van der Waals surface area contributed by atoms with E-state index in [0.717, 1.165) is 20.1 Å². The van der Waals surface area contributed by atoms with Gasteiger partial charge in [-0.2, -0.15) is 5.10 Å². The molecule has 122 valence electrons. The van der Waals surface area contributed by atoms with Gasteiger partial charge in [-0.25, -0.2) is 19.6 Å². The van der Waals surface area contributed by atoms with E-state index >= 15 is 0 Å². The minimum absolute atomic E-state index is 0.176. The predicted octanol–water partition coefficient (Wildman–Crippen LogP) is 1.49. The minimum atomic E-state index is -0.178. The first kappa shape index (κ1) is 15.1. The normalized spacial score (nSPS) is 11.6. The second-order valence-corrected chi connectivity index (χ2v) is 7.22. The fourth-order valence-corrected chi connectivity index (χ4v) is 4.23. The van der Waals surface area contributed by atoms with Gasteiger partial charge in [0.05, 0.1) is 23.1 Å². The summed E-state index contributed by atoms with van der Waals surface area (Å²) in [6, 6.07) is 1.71. The van der Waals surface area contributed by atoms with Crippen LogP contribution in [0.25, 0.3) is 21.3 Å². The second kappa shape index (κ2) is 5.56. The highest BCUT2D eigenvalue weighted by atomic mass is 32.2. The number of anilines is 1. The lowest BCUT2D eigenvalue weighted by Crippen LogP contribution is -2.25. The molecular weight excluding hydrogens is 346 g/mol. The number of nitrogens with two attached hydrogens (primary N) is 1. The minimum Gasteiger partial charge on any atom is -0.368 e. The van der Waals surface area contributed by atoms with Crippen molar-refractivity contribution in [3.63, 3.8) is 0 Å². The molecule has 0 fully saturated rings. The average molecular weight is 359 g/mol. The molecule has 0 unspecified atom stereocenters. The van der Waals surface area contributed by atoms with E-state index in [-0.39, 0.29) is 18.1 Å². The van der Waals surface area contributed by atoms with Crippen molar-refractivity contribution < 1.29 is 0 Å². The lowest BCUT2D eigenvalue weighted by molar-refractivity contribution is 0.632. The molecule has 0 atom stereocenters. The Labute approximate surface area is 144 Å². The van der Waals surface area contributed by atoms with E-state index in [0.29, 0.717) is 11.2 Å². The summed E-state index contributed by atoms with van der Waals surface area (Å²) in [7, 11) is 1.85. The summed E-state index contributed by atoms with van der Waals surface area (Å²) in [5.41, 5.74) is 7.44. The number of thioether (sulfide) groups is 1. The largest absolute Gasteiger partial charge is 0.368 e. The lowest BCUT2D eigenvalue weighted by atomic mass is 10.3. The van der Waals surface area contributed by atoms with Gasteiger partial charge in [-0.15, -0.1) is 11.3 Å². The fraction of sp³-hybridized carbons (Fsp3) is 0.214. The monoisotopic (exact) mass is 359 g/mol. The van der Waals surface area contributed by atoms with Crippen molar-refractivity contribution in [2.24, 2.45) is 7.05 Å². The van der Waals surface area contributed by atoms with Crippen LogP contribution in [0.3, 0.4) is 0 Å². The maximum absolute atomic E-state index is 12.8. The number of nitrogen functional groups attached to an aromatic ring is 1. The Hall–Kier alpha value is -2.46. The zero-order valence-corrected chi connectivity index (χ0v) is 14.6. The van der Waals surface area contributed by atoms with E-state index in [2.05, 4.69) is 20.1 Å². The molecule has 24 heavy (non-hydrogen) atoms. The molecule has 4 aromatic rings. The summed E-state index contributed by atoms with van der Waals surface area (Å²) in [5, 5.41) is 5.12. The van der Waals surface area contributed by atoms with Crippen LogP contribution in [0.1, 0.15) is 5.69 Å². The van der Waals surface area contributed by atoms with Crippen LogP contribution >= 0.6 is 23.1 Å². The van der Waals surface area contributed by atoms with Crippen LogP contribution < -0.4 is 11.3 Å². The molecule has 4 rings (SSSR count). The summed E-state index contributed by atoms with van der Waals surface area (Å²) in [6.07, 6.45) is 5.26. The van der Waals surface area contributed by atoms with Gasteiger partial charge >= 0.3 is 0 Å². The lowest BCUT2D eigenvalue weighted by Gasteiger charge is -2.05. The first-order valence-corrected chi connectivity index (χ1v) is 9.09. The number of aryl methyl sites for hydroxylation is 1. The molecule has 10 heteroatoms.